The van der Waals surface area contributed by atoms with E-state index in [1.165, 1.54) is 0 Å². The largest absolute Gasteiger partial charge is 0.395 e. The molecule has 1 aromatic heterocycles. The summed E-state index contributed by atoms with van der Waals surface area (Å²) in [7, 11) is 0. The van der Waals surface area contributed by atoms with Crippen LogP contribution in [0.2, 0.25) is 10.2 Å². The molecule has 1 fully saturated rings. The molecule has 104 valence electrons. The van der Waals surface area contributed by atoms with Gasteiger partial charge >= 0.3 is 0 Å². The summed E-state index contributed by atoms with van der Waals surface area (Å²) in [4.78, 5) is 20.1. The van der Waals surface area contributed by atoms with E-state index < -0.39 is 0 Å². The Labute approximate surface area is 121 Å². The maximum atomic E-state index is 12.3. The number of aromatic nitrogens is 1. The molecule has 2 rings (SSSR count). The first-order valence-corrected chi connectivity index (χ1v) is 6.82. The second-order valence-electron chi connectivity index (χ2n) is 4.32. The highest BCUT2D eigenvalue weighted by molar-refractivity contribution is 6.34. The van der Waals surface area contributed by atoms with Gasteiger partial charge in [-0.1, -0.05) is 23.2 Å². The molecule has 1 saturated heterocycles. The Bertz CT molecular complexity index is 462. The fourth-order valence-electron chi connectivity index (χ4n) is 2.03. The number of piperazine rings is 1. The van der Waals surface area contributed by atoms with Crippen LogP contribution in [0.25, 0.3) is 0 Å². The van der Waals surface area contributed by atoms with Gasteiger partial charge in [-0.3, -0.25) is 9.69 Å². The number of carbonyl (C=O) groups is 1. The van der Waals surface area contributed by atoms with Crippen LogP contribution in [0.1, 0.15) is 10.5 Å². The van der Waals surface area contributed by atoms with E-state index in [9.17, 15) is 4.79 Å². The highest BCUT2D eigenvalue weighted by atomic mass is 35.5. The SMILES string of the molecule is O=C(c1nc(Cl)ccc1Cl)N1CCN(CCO)CC1. The van der Waals surface area contributed by atoms with Crippen LogP contribution in [-0.4, -0.2) is 65.1 Å². The van der Waals surface area contributed by atoms with Gasteiger partial charge in [0.1, 0.15) is 10.8 Å². The Morgan fingerprint density at radius 1 is 1.26 bits per heavy atom. The van der Waals surface area contributed by atoms with Crippen LogP contribution in [0.5, 0.6) is 0 Å². The van der Waals surface area contributed by atoms with Crippen LogP contribution in [0, 0.1) is 0 Å². The number of rotatable bonds is 3. The molecule has 1 aliphatic rings. The first kappa shape index (κ1) is 14.5. The third-order valence-electron chi connectivity index (χ3n) is 3.09. The lowest BCUT2D eigenvalue weighted by molar-refractivity contribution is 0.0609. The third-order valence-corrected chi connectivity index (χ3v) is 3.61. The van der Waals surface area contributed by atoms with Gasteiger partial charge in [-0.05, 0) is 12.1 Å². The lowest BCUT2D eigenvalue weighted by atomic mass is 10.2. The molecule has 0 atom stereocenters. The Morgan fingerprint density at radius 3 is 2.58 bits per heavy atom. The van der Waals surface area contributed by atoms with E-state index >= 15 is 0 Å². The standard InChI is InChI=1S/C12H15Cl2N3O2/c13-9-1-2-10(14)15-11(9)12(19)17-5-3-16(4-6-17)7-8-18/h1-2,18H,3-8H2. The van der Waals surface area contributed by atoms with Crippen LogP contribution >= 0.6 is 23.2 Å². The predicted molar refractivity (Wildman–Crippen MR) is 73.7 cm³/mol. The van der Waals surface area contributed by atoms with Gasteiger partial charge in [0, 0.05) is 32.7 Å². The number of hydrogen-bond donors (Lipinski definition) is 1. The van der Waals surface area contributed by atoms with Crippen molar-refractivity contribution in [3.8, 4) is 0 Å². The van der Waals surface area contributed by atoms with Crippen molar-refractivity contribution in [2.24, 2.45) is 0 Å². The lowest BCUT2D eigenvalue weighted by Crippen LogP contribution is -2.49. The Kier molecular flexibility index (Phi) is 4.99. The van der Waals surface area contributed by atoms with E-state index in [4.69, 9.17) is 28.3 Å². The molecule has 0 unspecified atom stereocenters. The second-order valence-corrected chi connectivity index (χ2v) is 5.12. The average Bonchev–Trinajstić information content (AvgIpc) is 2.42. The van der Waals surface area contributed by atoms with Crippen molar-refractivity contribution < 1.29 is 9.90 Å². The molecule has 19 heavy (non-hydrogen) atoms. The van der Waals surface area contributed by atoms with E-state index in [2.05, 4.69) is 9.88 Å². The Hall–Kier alpha value is -0.880. The van der Waals surface area contributed by atoms with Crippen molar-refractivity contribution in [2.75, 3.05) is 39.3 Å². The van der Waals surface area contributed by atoms with Gasteiger partial charge in [-0.2, -0.15) is 0 Å². The molecule has 0 spiro atoms. The number of aliphatic hydroxyl groups is 1. The molecule has 1 N–H and O–H groups in total. The number of aliphatic hydroxyl groups excluding tert-OH is 1. The zero-order valence-corrected chi connectivity index (χ0v) is 11.9. The average molecular weight is 304 g/mol. The molecule has 1 aromatic rings. The molecule has 0 aromatic carbocycles. The van der Waals surface area contributed by atoms with Gasteiger partial charge in [0.2, 0.25) is 0 Å². The summed E-state index contributed by atoms with van der Waals surface area (Å²) < 4.78 is 0. The number of pyridine rings is 1. The fraction of sp³-hybridized carbons (Fsp3) is 0.500. The van der Waals surface area contributed by atoms with Gasteiger partial charge in [0.15, 0.2) is 0 Å². The van der Waals surface area contributed by atoms with Gasteiger partial charge in [0.25, 0.3) is 5.91 Å². The summed E-state index contributed by atoms with van der Waals surface area (Å²) in [6, 6.07) is 3.13. The molecule has 1 aliphatic heterocycles. The van der Waals surface area contributed by atoms with Crippen LogP contribution in [0.3, 0.4) is 0 Å². The monoisotopic (exact) mass is 303 g/mol. The van der Waals surface area contributed by atoms with Crippen molar-refractivity contribution >= 4 is 29.1 Å². The van der Waals surface area contributed by atoms with Crippen molar-refractivity contribution in [2.45, 2.75) is 0 Å². The van der Waals surface area contributed by atoms with Crippen molar-refractivity contribution in [3.05, 3.63) is 28.0 Å². The highest BCUT2D eigenvalue weighted by Gasteiger charge is 2.24. The molecule has 2 heterocycles. The summed E-state index contributed by atoms with van der Waals surface area (Å²) in [6.07, 6.45) is 0. The Morgan fingerprint density at radius 2 is 1.95 bits per heavy atom. The van der Waals surface area contributed by atoms with Gasteiger partial charge in [-0.25, -0.2) is 4.98 Å². The van der Waals surface area contributed by atoms with Crippen LogP contribution in [-0.2, 0) is 0 Å². The Balaban J connectivity index is 2.03. The molecule has 0 bridgehead atoms. The number of hydrogen-bond acceptors (Lipinski definition) is 4. The minimum absolute atomic E-state index is 0.135. The summed E-state index contributed by atoms with van der Waals surface area (Å²) in [5.41, 5.74) is 0.199. The smallest absolute Gasteiger partial charge is 0.274 e. The van der Waals surface area contributed by atoms with E-state index in [-0.39, 0.29) is 23.4 Å². The van der Waals surface area contributed by atoms with E-state index in [1.807, 2.05) is 0 Å². The summed E-state index contributed by atoms with van der Waals surface area (Å²) in [6.45, 7) is 3.45. The minimum atomic E-state index is -0.198. The maximum Gasteiger partial charge on any atom is 0.274 e. The minimum Gasteiger partial charge on any atom is -0.395 e. The van der Waals surface area contributed by atoms with Gasteiger partial charge < -0.3 is 10.0 Å². The van der Waals surface area contributed by atoms with Crippen LogP contribution < -0.4 is 0 Å². The van der Waals surface area contributed by atoms with Gasteiger partial charge in [0.05, 0.1) is 11.6 Å². The number of nitrogens with zero attached hydrogens (tertiary/aromatic N) is 3. The predicted octanol–water partition coefficient (Wildman–Crippen LogP) is 1.14. The second kappa shape index (κ2) is 6.52. The highest BCUT2D eigenvalue weighted by Crippen LogP contribution is 2.19. The zero-order valence-electron chi connectivity index (χ0n) is 10.4. The molecular formula is C12H15Cl2N3O2. The summed E-state index contributed by atoms with van der Waals surface area (Å²) in [5.74, 6) is -0.198. The lowest BCUT2D eigenvalue weighted by Gasteiger charge is -2.34. The topological polar surface area (TPSA) is 56.7 Å². The van der Waals surface area contributed by atoms with Crippen molar-refractivity contribution in [1.82, 2.24) is 14.8 Å². The summed E-state index contributed by atoms with van der Waals surface area (Å²) in [5, 5.41) is 9.44. The van der Waals surface area contributed by atoms with Crippen molar-refractivity contribution in [1.29, 1.82) is 0 Å². The first-order valence-electron chi connectivity index (χ1n) is 6.06. The molecule has 0 radical (unpaired) electrons. The van der Waals surface area contributed by atoms with E-state index in [0.717, 1.165) is 13.1 Å². The van der Waals surface area contributed by atoms with Crippen LogP contribution in [0.15, 0.2) is 12.1 Å². The van der Waals surface area contributed by atoms with E-state index in [1.54, 1.807) is 17.0 Å². The molecule has 0 saturated carbocycles. The van der Waals surface area contributed by atoms with Crippen molar-refractivity contribution in [3.63, 3.8) is 0 Å². The molecule has 7 heteroatoms. The fourth-order valence-corrected chi connectivity index (χ4v) is 2.37. The third kappa shape index (κ3) is 3.57. The molecular weight excluding hydrogens is 289 g/mol. The quantitative estimate of drug-likeness (QED) is 0.851. The van der Waals surface area contributed by atoms with E-state index in [0.29, 0.717) is 24.7 Å². The molecule has 0 aliphatic carbocycles. The van der Waals surface area contributed by atoms with Gasteiger partial charge in [-0.15, -0.1) is 0 Å². The number of halogens is 2. The molecule has 1 amide bonds. The molecule has 5 nitrogen and oxygen atoms in total. The maximum absolute atomic E-state index is 12.3. The number of β-amino-alcohol motifs (C(OH)–C–C–N with tert-alkyl or cyclic N) is 1. The van der Waals surface area contributed by atoms with Crippen LogP contribution in [0.4, 0.5) is 0 Å². The zero-order chi connectivity index (χ0) is 13.8. The normalized spacial score (nSPS) is 16.7. The number of carbonyl (C=O) groups excluding carboxylic acids is 1. The number of amides is 1. The first-order chi connectivity index (χ1) is 9.11. The summed E-state index contributed by atoms with van der Waals surface area (Å²) >= 11 is 11.8.